The van der Waals surface area contributed by atoms with E-state index in [1.165, 1.54) is 0 Å². The molecule has 0 heterocycles. The van der Waals surface area contributed by atoms with Crippen LogP contribution in [-0.2, 0) is 5.41 Å². The topological polar surface area (TPSA) is 29.5 Å². The van der Waals surface area contributed by atoms with Crippen LogP contribution >= 0.6 is 0 Å². The van der Waals surface area contributed by atoms with Gasteiger partial charge in [-0.25, -0.2) is 0 Å². The summed E-state index contributed by atoms with van der Waals surface area (Å²) in [6, 6.07) is 7.99. The van der Waals surface area contributed by atoms with Crippen molar-refractivity contribution in [2.75, 3.05) is 13.2 Å². The van der Waals surface area contributed by atoms with E-state index >= 15 is 0 Å². The highest BCUT2D eigenvalue weighted by molar-refractivity contribution is 5.32. The molecule has 1 rings (SSSR count). The minimum absolute atomic E-state index is 0.134. The summed E-state index contributed by atoms with van der Waals surface area (Å²) in [5.74, 6) is 0.887. The van der Waals surface area contributed by atoms with Crippen molar-refractivity contribution in [3.8, 4) is 5.75 Å². The van der Waals surface area contributed by atoms with Gasteiger partial charge in [0.05, 0.1) is 13.2 Å². The van der Waals surface area contributed by atoms with Gasteiger partial charge in [0.1, 0.15) is 5.75 Å². The molecule has 0 aromatic heterocycles. The fraction of sp³-hybridized carbons (Fsp3) is 0.538. The van der Waals surface area contributed by atoms with Crippen LogP contribution in [-0.4, -0.2) is 18.3 Å². The van der Waals surface area contributed by atoms with Crippen LogP contribution in [0.15, 0.2) is 24.3 Å². The molecule has 0 bridgehead atoms. The number of ether oxygens (including phenoxy) is 1. The standard InChI is InChI=1S/C13H20O2/c1-4-13(3,10-14)11-6-8-12(9-7-11)15-5-2/h6-9,14H,4-5,10H2,1-3H3. The molecule has 0 spiro atoms. The van der Waals surface area contributed by atoms with E-state index in [2.05, 4.69) is 13.8 Å². The molecule has 0 fully saturated rings. The fourth-order valence-electron chi connectivity index (χ4n) is 1.53. The average molecular weight is 208 g/mol. The van der Waals surface area contributed by atoms with Gasteiger partial charge in [-0.3, -0.25) is 0 Å². The summed E-state index contributed by atoms with van der Waals surface area (Å²) in [6.45, 7) is 7.00. The first-order valence-electron chi connectivity index (χ1n) is 5.50. The second kappa shape index (κ2) is 5.17. The predicted octanol–water partition coefficient (Wildman–Crippen LogP) is 2.75. The molecule has 0 aliphatic heterocycles. The summed E-state index contributed by atoms with van der Waals surface area (Å²) in [6.07, 6.45) is 0.928. The van der Waals surface area contributed by atoms with Crippen molar-refractivity contribution in [3.05, 3.63) is 29.8 Å². The summed E-state index contributed by atoms with van der Waals surface area (Å²) in [7, 11) is 0. The highest BCUT2D eigenvalue weighted by atomic mass is 16.5. The molecule has 1 N–H and O–H groups in total. The second-order valence-corrected chi connectivity index (χ2v) is 4.03. The van der Waals surface area contributed by atoms with Crippen LogP contribution in [0.3, 0.4) is 0 Å². The maximum atomic E-state index is 9.38. The molecule has 84 valence electrons. The van der Waals surface area contributed by atoms with Crippen LogP contribution in [0.2, 0.25) is 0 Å². The molecule has 1 atom stereocenters. The molecule has 2 heteroatoms. The molecule has 1 aromatic carbocycles. The SMILES string of the molecule is CCOc1ccc(C(C)(CC)CO)cc1. The van der Waals surface area contributed by atoms with E-state index in [1.807, 2.05) is 31.2 Å². The van der Waals surface area contributed by atoms with Gasteiger partial charge in [0.2, 0.25) is 0 Å². The molecule has 1 unspecified atom stereocenters. The average Bonchev–Trinajstić information content (AvgIpc) is 2.29. The van der Waals surface area contributed by atoms with Gasteiger partial charge in [-0.2, -0.15) is 0 Å². The number of benzene rings is 1. The molecule has 0 aliphatic carbocycles. The molecule has 15 heavy (non-hydrogen) atoms. The summed E-state index contributed by atoms with van der Waals surface area (Å²) in [4.78, 5) is 0. The Hall–Kier alpha value is -1.02. The summed E-state index contributed by atoms with van der Waals surface area (Å²) < 4.78 is 5.38. The van der Waals surface area contributed by atoms with Gasteiger partial charge in [-0.05, 0) is 31.0 Å². The quantitative estimate of drug-likeness (QED) is 0.806. The maximum absolute atomic E-state index is 9.38. The Morgan fingerprint density at radius 3 is 2.20 bits per heavy atom. The van der Waals surface area contributed by atoms with E-state index in [9.17, 15) is 5.11 Å². The van der Waals surface area contributed by atoms with Crippen molar-refractivity contribution >= 4 is 0 Å². The molecule has 0 radical (unpaired) electrons. The number of hydrogen-bond donors (Lipinski definition) is 1. The van der Waals surface area contributed by atoms with Gasteiger partial charge in [0, 0.05) is 5.41 Å². The van der Waals surface area contributed by atoms with Gasteiger partial charge in [-0.1, -0.05) is 26.0 Å². The van der Waals surface area contributed by atoms with Gasteiger partial charge in [0.15, 0.2) is 0 Å². The highest BCUT2D eigenvalue weighted by Crippen LogP contribution is 2.28. The van der Waals surface area contributed by atoms with E-state index in [0.717, 1.165) is 17.7 Å². The molecule has 0 aliphatic rings. The van der Waals surface area contributed by atoms with E-state index in [-0.39, 0.29) is 12.0 Å². The zero-order valence-electron chi connectivity index (χ0n) is 9.79. The molecular weight excluding hydrogens is 188 g/mol. The maximum Gasteiger partial charge on any atom is 0.119 e. The van der Waals surface area contributed by atoms with Crippen LogP contribution in [0.5, 0.6) is 5.75 Å². The third kappa shape index (κ3) is 2.72. The lowest BCUT2D eigenvalue weighted by molar-refractivity contribution is 0.201. The Balaban J connectivity index is 2.87. The van der Waals surface area contributed by atoms with E-state index in [1.54, 1.807) is 0 Å². The minimum Gasteiger partial charge on any atom is -0.494 e. The van der Waals surface area contributed by atoms with Crippen molar-refractivity contribution < 1.29 is 9.84 Å². The first-order valence-corrected chi connectivity index (χ1v) is 5.50. The van der Waals surface area contributed by atoms with Crippen LogP contribution in [0.25, 0.3) is 0 Å². The second-order valence-electron chi connectivity index (χ2n) is 4.03. The van der Waals surface area contributed by atoms with E-state index in [0.29, 0.717) is 6.61 Å². The molecule has 0 saturated heterocycles. The van der Waals surface area contributed by atoms with Gasteiger partial charge in [-0.15, -0.1) is 0 Å². The largest absolute Gasteiger partial charge is 0.494 e. The summed E-state index contributed by atoms with van der Waals surface area (Å²) in [5, 5.41) is 9.38. The molecule has 0 saturated carbocycles. The number of aliphatic hydroxyl groups is 1. The Morgan fingerprint density at radius 2 is 1.80 bits per heavy atom. The fourth-order valence-corrected chi connectivity index (χ4v) is 1.53. The zero-order valence-corrected chi connectivity index (χ0v) is 9.79. The molecule has 1 aromatic rings. The molecule has 0 amide bonds. The predicted molar refractivity (Wildman–Crippen MR) is 62.3 cm³/mol. The van der Waals surface area contributed by atoms with Crippen molar-refractivity contribution in [2.45, 2.75) is 32.6 Å². The Morgan fingerprint density at radius 1 is 1.20 bits per heavy atom. The normalized spacial score (nSPS) is 14.7. The molecule has 2 nitrogen and oxygen atoms in total. The van der Waals surface area contributed by atoms with Crippen LogP contribution < -0.4 is 4.74 Å². The lowest BCUT2D eigenvalue weighted by Crippen LogP contribution is -2.25. The number of aliphatic hydroxyl groups excluding tert-OH is 1. The monoisotopic (exact) mass is 208 g/mol. The summed E-state index contributed by atoms with van der Waals surface area (Å²) >= 11 is 0. The lowest BCUT2D eigenvalue weighted by atomic mass is 9.81. The van der Waals surface area contributed by atoms with Crippen molar-refractivity contribution in [1.29, 1.82) is 0 Å². The van der Waals surface area contributed by atoms with Crippen molar-refractivity contribution in [3.63, 3.8) is 0 Å². The van der Waals surface area contributed by atoms with Crippen molar-refractivity contribution in [2.24, 2.45) is 0 Å². The van der Waals surface area contributed by atoms with Gasteiger partial charge >= 0.3 is 0 Å². The Bertz CT molecular complexity index is 286. The minimum atomic E-state index is -0.134. The van der Waals surface area contributed by atoms with Gasteiger partial charge < -0.3 is 9.84 Å². The summed E-state index contributed by atoms with van der Waals surface area (Å²) in [5.41, 5.74) is 1.03. The third-order valence-corrected chi connectivity index (χ3v) is 2.99. The number of rotatable bonds is 5. The third-order valence-electron chi connectivity index (χ3n) is 2.99. The smallest absolute Gasteiger partial charge is 0.119 e. The Kier molecular flexibility index (Phi) is 4.15. The van der Waals surface area contributed by atoms with Crippen molar-refractivity contribution in [1.82, 2.24) is 0 Å². The van der Waals surface area contributed by atoms with Crippen LogP contribution in [0.4, 0.5) is 0 Å². The van der Waals surface area contributed by atoms with Gasteiger partial charge in [0.25, 0.3) is 0 Å². The van der Waals surface area contributed by atoms with Crippen LogP contribution in [0, 0.1) is 0 Å². The van der Waals surface area contributed by atoms with Crippen LogP contribution in [0.1, 0.15) is 32.8 Å². The zero-order chi connectivity index (χ0) is 11.3. The van der Waals surface area contributed by atoms with E-state index in [4.69, 9.17) is 4.74 Å². The van der Waals surface area contributed by atoms with E-state index < -0.39 is 0 Å². The number of hydrogen-bond acceptors (Lipinski definition) is 2. The molecular formula is C13H20O2. The highest BCUT2D eigenvalue weighted by Gasteiger charge is 2.23. The lowest BCUT2D eigenvalue weighted by Gasteiger charge is -2.26. The first kappa shape index (κ1) is 12.1. The first-order chi connectivity index (χ1) is 7.16. The Labute approximate surface area is 91.9 Å².